The first-order valence-electron chi connectivity index (χ1n) is 10.3. The van der Waals surface area contributed by atoms with E-state index in [4.69, 9.17) is 5.73 Å². The molecule has 0 radical (unpaired) electrons. The number of aromatic amines is 1. The predicted molar refractivity (Wildman–Crippen MR) is 115 cm³/mol. The molecule has 3 N–H and O–H groups in total. The van der Waals surface area contributed by atoms with Crippen LogP contribution >= 0.6 is 0 Å². The lowest BCUT2D eigenvalue weighted by Gasteiger charge is -2.33. The van der Waals surface area contributed by atoms with Crippen molar-refractivity contribution in [2.24, 2.45) is 5.73 Å². The van der Waals surface area contributed by atoms with Crippen molar-refractivity contribution in [3.8, 4) is 0 Å². The first-order valence-corrected chi connectivity index (χ1v) is 10.3. The van der Waals surface area contributed by atoms with Crippen LogP contribution in [0, 0.1) is 0 Å². The summed E-state index contributed by atoms with van der Waals surface area (Å²) in [5.41, 5.74) is 14.6. The molecule has 28 heavy (non-hydrogen) atoms. The monoisotopic (exact) mass is 370 g/mol. The number of aromatic nitrogens is 2. The summed E-state index contributed by atoms with van der Waals surface area (Å²) in [7, 11) is 2.27. The highest BCUT2D eigenvalue weighted by Gasteiger charge is 2.25. The van der Waals surface area contributed by atoms with Gasteiger partial charge in [-0.1, -0.05) is 30.3 Å². The maximum atomic E-state index is 6.24. The van der Waals surface area contributed by atoms with Crippen molar-refractivity contribution in [3.63, 3.8) is 0 Å². The average molecular weight is 371 g/mol. The molecular weight excluding hydrogens is 344 g/mol. The molecule has 142 valence electrons. The second-order valence-corrected chi connectivity index (χ2v) is 8.71. The zero-order valence-corrected chi connectivity index (χ0v) is 16.3. The Kier molecular flexibility index (Phi) is 3.49. The van der Waals surface area contributed by atoms with Crippen LogP contribution in [0.3, 0.4) is 0 Å². The number of hydrogen-bond donors (Lipinski definition) is 2. The van der Waals surface area contributed by atoms with Crippen LogP contribution in [0.15, 0.2) is 48.8 Å². The zero-order valence-electron chi connectivity index (χ0n) is 16.3. The summed E-state index contributed by atoms with van der Waals surface area (Å²) in [6.45, 7) is 2.02. The molecule has 0 spiro atoms. The van der Waals surface area contributed by atoms with Gasteiger partial charge in [-0.05, 0) is 60.0 Å². The van der Waals surface area contributed by atoms with Gasteiger partial charge < -0.3 is 15.3 Å². The van der Waals surface area contributed by atoms with Gasteiger partial charge in [-0.2, -0.15) is 0 Å². The maximum Gasteiger partial charge on any atom is 0.0513 e. The molecule has 4 heteroatoms. The fraction of sp³-hybridized carbons (Fsp3) is 0.333. The number of nitrogens with two attached hydrogens (primary N) is 1. The highest BCUT2D eigenvalue weighted by Crippen LogP contribution is 2.33. The van der Waals surface area contributed by atoms with Gasteiger partial charge in [-0.3, -0.25) is 4.90 Å². The second-order valence-electron chi connectivity index (χ2n) is 8.71. The molecule has 0 saturated heterocycles. The van der Waals surface area contributed by atoms with Crippen LogP contribution in [0.25, 0.3) is 21.8 Å². The molecule has 2 unspecified atom stereocenters. The minimum Gasteiger partial charge on any atom is -0.361 e. The SMILES string of the molecule is CN(Cc1ccc2c3c(c[nH]c13)CC(N)C2)C1Cc2cccc3ccn(c23)C1. The van der Waals surface area contributed by atoms with E-state index in [1.165, 1.54) is 44.1 Å². The quantitative estimate of drug-likeness (QED) is 0.579. The van der Waals surface area contributed by atoms with Gasteiger partial charge in [0.15, 0.2) is 0 Å². The second kappa shape index (κ2) is 5.97. The number of hydrogen-bond acceptors (Lipinski definition) is 2. The van der Waals surface area contributed by atoms with E-state index in [0.29, 0.717) is 6.04 Å². The first kappa shape index (κ1) is 16.4. The number of nitrogens with zero attached hydrogens (tertiary/aromatic N) is 2. The van der Waals surface area contributed by atoms with E-state index in [1.807, 2.05) is 0 Å². The van der Waals surface area contributed by atoms with Gasteiger partial charge in [0.2, 0.25) is 0 Å². The zero-order chi connectivity index (χ0) is 18.8. The number of benzene rings is 2. The minimum atomic E-state index is 0.251. The Hall–Kier alpha value is -2.56. The van der Waals surface area contributed by atoms with Crippen molar-refractivity contribution in [2.45, 2.75) is 44.4 Å². The molecule has 4 aromatic rings. The van der Waals surface area contributed by atoms with E-state index in [2.05, 4.69) is 70.3 Å². The molecule has 2 atom stereocenters. The van der Waals surface area contributed by atoms with Crippen molar-refractivity contribution in [2.75, 3.05) is 7.05 Å². The van der Waals surface area contributed by atoms with Crippen molar-refractivity contribution >= 4 is 21.8 Å². The van der Waals surface area contributed by atoms with Gasteiger partial charge in [-0.25, -0.2) is 0 Å². The summed E-state index contributed by atoms with van der Waals surface area (Å²) in [5, 5.41) is 2.79. The van der Waals surface area contributed by atoms with Gasteiger partial charge in [0.25, 0.3) is 0 Å². The van der Waals surface area contributed by atoms with Crippen molar-refractivity contribution in [1.29, 1.82) is 0 Å². The van der Waals surface area contributed by atoms with Crippen LogP contribution in [-0.4, -0.2) is 33.6 Å². The highest BCUT2D eigenvalue weighted by atomic mass is 15.2. The molecule has 3 heterocycles. The van der Waals surface area contributed by atoms with E-state index >= 15 is 0 Å². The third-order valence-electron chi connectivity index (χ3n) is 6.83. The molecule has 4 nitrogen and oxygen atoms in total. The summed E-state index contributed by atoms with van der Waals surface area (Å²) in [4.78, 5) is 6.08. The number of likely N-dealkylation sites (N-methyl/N-ethyl adjacent to an activating group) is 1. The minimum absolute atomic E-state index is 0.251. The Morgan fingerprint density at radius 2 is 1.96 bits per heavy atom. The molecule has 0 bridgehead atoms. The summed E-state index contributed by atoms with van der Waals surface area (Å²) >= 11 is 0. The third-order valence-corrected chi connectivity index (χ3v) is 6.83. The Balaban J connectivity index is 1.30. The Morgan fingerprint density at radius 3 is 2.89 bits per heavy atom. The van der Waals surface area contributed by atoms with Crippen LogP contribution < -0.4 is 5.73 Å². The molecule has 2 aromatic carbocycles. The lowest BCUT2D eigenvalue weighted by atomic mass is 9.88. The summed E-state index contributed by atoms with van der Waals surface area (Å²) in [5.74, 6) is 0. The lowest BCUT2D eigenvalue weighted by Crippen LogP contribution is -2.38. The van der Waals surface area contributed by atoms with Crippen LogP contribution in [0.5, 0.6) is 0 Å². The molecule has 1 aliphatic heterocycles. The fourth-order valence-electron chi connectivity index (χ4n) is 5.45. The van der Waals surface area contributed by atoms with Crippen LogP contribution in [0.2, 0.25) is 0 Å². The molecule has 0 saturated carbocycles. The summed E-state index contributed by atoms with van der Waals surface area (Å²) in [6, 6.07) is 14.3. The lowest BCUT2D eigenvalue weighted by molar-refractivity contribution is 0.207. The fourth-order valence-corrected chi connectivity index (χ4v) is 5.45. The first-order chi connectivity index (χ1) is 13.7. The van der Waals surface area contributed by atoms with Crippen molar-refractivity contribution < 1.29 is 0 Å². The Labute approximate surface area is 164 Å². The van der Waals surface area contributed by atoms with E-state index in [1.54, 1.807) is 0 Å². The van der Waals surface area contributed by atoms with Gasteiger partial charge in [0.05, 0.1) is 11.0 Å². The van der Waals surface area contributed by atoms with Gasteiger partial charge in [-0.15, -0.1) is 0 Å². The number of H-pyrrole nitrogens is 1. The Bertz CT molecular complexity index is 1200. The van der Waals surface area contributed by atoms with Crippen LogP contribution in [-0.2, 0) is 32.4 Å². The smallest absolute Gasteiger partial charge is 0.0513 e. The topological polar surface area (TPSA) is 50.0 Å². The average Bonchev–Trinajstić information content (AvgIpc) is 3.30. The van der Waals surface area contributed by atoms with Crippen LogP contribution in [0.4, 0.5) is 0 Å². The number of rotatable bonds is 3. The van der Waals surface area contributed by atoms with E-state index in [9.17, 15) is 0 Å². The van der Waals surface area contributed by atoms with E-state index in [0.717, 1.165) is 32.4 Å². The summed E-state index contributed by atoms with van der Waals surface area (Å²) < 4.78 is 2.43. The molecule has 2 aromatic heterocycles. The van der Waals surface area contributed by atoms with Gasteiger partial charge in [0, 0.05) is 43.0 Å². The normalized spacial score (nSPS) is 21.1. The molecule has 2 aliphatic rings. The standard InChI is InChI=1S/C24H26N4/c1-27(21-11-17-4-2-3-15-7-8-28(14-21)24(15)17)13-18-6-5-16-9-20(25)10-19-12-26-23(18)22(16)19/h2-8,12,20-21,26H,9-11,13-14,25H2,1H3. The number of nitrogens with one attached hydrogen (secondary N) is 1. The largest absolute Gasteiger partial charge is 0.361 e. The van der Waals surface area contributed by atoms with E-state index < -0.39 is 0 Å². The predicted octanol–water partition coefficient (Wildman–Crippen LogP) is 3.61. The third kappa shape index (κ3) is 2.38. The van der Waals surface area contributed by atoms with Crippen molar-refractivity contribution in [3.05, 3.63) is 71.0 Å². The van der Waals surface area contributed by atoms with Crippen molar-refractivity contribution in [1.82, 2.24) is 14.5 Å². The molecular formula is C24H26N4. The number of para-hydroxylation sites is 1. The molecule has 6 rings (SSSR count). The summed E-state index contributed by atoms with van der Waals surface area (Å²) in [6.07, 6.45) is 7.50. The highest BCUT2D eigenvalue weighted by molar-refractivity contribution is 5.90. The molecule has 0 amide bonds. The van der Waals surface area contributed by atoms with Crippen LogP contribution in [0.1, 0.15) is 22.3 Å². The van der Waals surface area contributed by atoms with Gasteiger partial charge in [0.1, 0.15) is 0 Å². The van der Waals surface area contributed by atoms with E-state index in [-0.39, 0.29) is 6.04 Å². The molecule has 0 fully saturated rings. The van der Waals surface area contributed by atoms with Gasteiger partial charge >= 0.3 is 0 Å². The Morgan fingerprint density at radius 1 is 1.07 bits per heavy atom. The maximum absolute atomic E-state index is 6.24. The molecule has 1 aliphatic carbocycles.